The van der Waals surface area contributed by atoms with Gasteiger partial charge < -0.3 is 14.6 Å². The number of nitrogens with one attached hydrogen (secondary N) is 2. The van der Waals surface area contributed by atoms with E-state index < -0.39 is 23.3 Å². The van der Waals surface area contributed by atoms with Gasteiger partial charge in [0.2, 0.25) is 11.8 Å². The van der Waals surface area contributed by atoms with E-state index in [0.29, 0.717) is 31.2 Å². The van der Waals surface area contributed by atoms with Crippen LogP contribution in [0.5, 0.6) is 5.75 Å². The van der Waals surface area contributed by atoms with E-state index in [2.05, 4.69) is 27.6 Å². The molecular formula is C28H38N4O5S. The fourth-order valence-corrected chi connectivity index (χ4v) is 4.91. The fraction of sp³-hybridized carbons (Fsp3) is 0.500. The Morgan fingerprint density at radius 3 is 2.66 bits per heavy atom. The van der Waals surface area contributed by atoms with E-state index in [0.717, 1.165) is 35.5 Å². The third-order valence-electron chi connectivity index (χ3n) is 6.20. The second-order valence-electron chi connectivity index (χ2n) is 10.3. The largest absolute Gasteiger partial charge is 0.494 e. The molecule has 0 bridgehead atoms. The second kappa shape index (κ2) is 14.2. The minimum absolute atomic E-state index is 0.129. The highest BCUT2D eigenvalue weighted by Gasteiger charge is 2.34. The maximum absolute atomic E-state index is 13.4. The highest BCUT2D eigenvalue weighted by molar-refractivity contribution is 8.10. The summed E-state index contributed by atoms with van der Waals surface area (Å²) < 4.78 is 11.0. The van der Waals surface area contributed by atoms with Gasteiger partial charge in [-0.3, -0.25) is 14.8 Å². The quantitative estimate of drug-likeness (QED) is 0.234. The van der Waals surface area contributed by atoms with Crippen LogP contribution in [0.25, 0.3) is 4.91 Å². The molecule has 2 aromatic rings. The summed E-state index contributed by atoms with van der Waals surface area (Å²) in [5.74, 6) is 0.0907. The van der Waals surface area contributed by atoms with Crippen LogP contribution in [0, 0.1) is 11.3 Å². The number of nitrogens with zero attached hydrogens (tertiary/aromatic N) is 2. The van der Waals surface area contributed by atoms with Gasteiger partial charge in [-0.15, -0.1) is 0 Å². The molecule has 2 amide bonds. The molecule has 9 nitrogen and oxygen atoms in total. The number of hydroxylamine groups is 1. The number of hydrogen-bond donors (Lipinski definition) is 3. The van der Waals surface area contributed by atoms with Gasteiger partial charge in [-0.25, -0.2) is 5.48 Å². The molecule has 3 rings (SSSR count). The average molecular weight is 543 g/mol. The topological polar surface area (TPSA) is 127 Å². The maximum atomic E-state index is 13.4. The van der Waals surface area contributed by atoms with Crippen LogP contribution < -0.4 is 15.5 Å². The number of aromatic nitrogens is 2. The number of carbonyl (C=O) groups excluding carboxylic acids is 2. The van der Waals surface area contributed by atoms with Crippen molar-refractivity contribution in [2.45, 2.75) is 72.3 Å². The Hall–Kier alpha value is -3.11. The molecule has 1 aromatic carbocycles. The van der Waals surface area contributed by atoms with Crippen molar-refractivity contribution in [1.29, 1.82) is 0 Å². The van der Waals surface area contributed by atoms with Crippen LogP contribution in [0.2, 0.25) is 0 Å². The van der Waals surface area contributed by atoms with Gasteiger partial charge in [0.15, 0.2) is 5.82 Å². The second-order valence-corrected chi connectivity index (χ2v) is 11.3. The number of rotatable bonds is 12. The van der Waals surface area contributed by atoms with Gasteiger partial charge in [-0.2, -0.15) is 4.98 Å². The van der Waals surface area contributed by atoms with Crippen LogP contribution >= 0.6 is 11.8 Å². The van der Waals surface area contributed by atoms with Crippen molar-refractivity contribution in [3.63, 3.8) is 0 Å². The lowest BCUT2D eigenvalue weighted by Gasteiger charge is -2.30. The molecule has 0 spiro atoms. The predicted molar refractivity (Wildman–Crippen MR) is 147 cm³/mol. The van der Waals surface area contributed by atoms with Crippen molar-refractivity contribution in [3.8, 4) is 5.75 Å². The Labute approximate surface area is 228 Å². The molecule has 1 aliphatic rings. The summed E-state index contributed by atoms with van der Waals surface area (Å²) in [6.07, 6.45) is 7.79. The zero-order valence-corrected chi connectivity index (χ0v) is 23.3. The predicted octanol–water partition coefficient (Wildman–Crippen LogP) is 5.59. The van der Waals surface area contributed by atoms with Crippen molar-refractivity contribution in [1.82, 2.24) is 20.9 Å². The highest BCUT2D eigenvalue weighted by atomic mass is 32.2. The molecule has 38 heavy (non-hydrogen) atoms. The van der Waals surface area contributed by atoms with E-state index in [9.17, 15) is 9.59 Å². The number of allylic oxidation sites excluding steroid dienone is 2. The summed E-state index contributed by atoms with van der Waals surface area (Å²) in [4.78, 5) is 30.9. The number of ether oxygens (including phenoxy) is 1. The zero-order chi connectivity index (χ0) is 27.5. The van der Waals surface area contributed by atoms with E-state index in [4.69, 9.17) is 14.5 Å². The minimum atomic E-state index is -0.633. The van der Waals surface area contributed by atoms with E-state index in [-0.39, 0.29) is 12.3 Å². The molecule has 2 atom stereocenters. The lowest BCUT2D eigenvalue weighted by Crippen LogP contribution is -2.41. The van der Waals surface area contributed by atoms with Gasteiger partial charge in [0, 0.05) is 12.3 Å². The van der Waals surface area contributed by atoms with Crippen molar-refractivity contribution in [2.24, 2.45) is 11.3 Å². The molecule has 0 fully saturated rings. The lowest BCUT2D eigenvalue weighted by molar-refractivity contribution is -0.135. The van der Waals surface area contributed by atoms with E-state index in [1.807, 2.05) is 57.4 Å². The Morgan fingerprint density at radius 2 is 1.97 bits per heavy atom. The standard InChI is InChI=1S/C28H38N4O5S/c1-5-36-21-15-13-19(14-16-21)10-9-11-20(18-23(33)31-35)26(34)29-24(28(2,3)4)25-30-27(37-32-25)22-12-7-6-8-17-38-22/h8,12-17,20,24,35H,5-7,9-11,18H2,1-4H3,(H,29,34)(H,31,33)/t20?,24-/m1/s1. The summed E-state index contributed by atoms with van der Waals surface area (Å²) in [6, 6.07) is 7.32. The third kappa shape index (κ3) is 8.73. The van der Waals surface area contributed by atoms with E-state index >= 15 is 0 Å². The van der Waals surface area contributed by atoms with Crippen LogP contribution in [0.1, 0.15) is 83.1 Å². The van der Waals surface area contributed by atoms with Gasteiger partial charge in [-0.05, 0) is 67.5 Å². The van der Waals surface area contributed by atoms with Crippen LogP contribution in [0.15, 0.2) is 46.3 Å². The third-order valence-corrected chi connectivity index (χ3v) is 7.12. The average Bonchev–Trinajstić information content (AvgIpc) is 3.20. The fourth-order valence-electron chi connectivity index (χ4n) is 4.13. The zero-order valence-electron chi connectivity index (χ0n) is 22.5. The number of thioether (sulfide) groups is 1. The molecule has 1 aliphatic heterocycles. The van der Waals surface area contributed by atoms with Crippen molar-refractivity contribution in [3.05, 3.63) is 59.1 Å². The molecule has 0 radical (unpaired) electrons. The summed E-state index contributed by atoms with van der Waals surface area (Å²) in [7, 11) is 0. The van der Waals surface area contributed by atoms with E-state index in [1.165, 1.54) is 11.8 Å². The Morgan fingerprint density at radius 1 is 1.21 bits per heavy atom. The van der Waals surface area contributed by atoms with Crippen molar-refractivity contribution >= 4 is 28.5 Å². The number of amides is 2. The summed E-state index contributed by atoms with van der Waals surface area (Å²) >= 11 is 1.53. The van der Waals surface area contributed by atoms with Crippen LogP contribution in [-0.2, 0) is 16.0 Å². The summed E-state index contributed by atoms with van der Waals surface area (Å²) in [5, 5.41) is 18.3. The first-order valence-electron chi connectivity index (χ1n) is 13.0. The summed E-state index contributed by atoms with van der Waals surface area (Å²) in [6.45, 7) is 8.50. The Balaban J connectivity index is 1.70. The molecule has 206 valence electrons. The number of hydrogen-bond acceptors (Lipinski definition) is 8. The number of aryl methyl sites for hydroxylation is 1. The number of carbonyl (C=O) groups is 2. The van der Waals surface area contributed by atoms with Gasteiger partial charge >= 0.3 is 0 Å². The SMILES string of the molecule is CCOc1ccc(CCCC(CC(=O)NO)C(=O)N[C@H](c2noc(C3=CCCC=CS3)n2)C(C)(C)C)cc1. The van der Waals surface area contributed by atoms with Crippen LogP contribution in [-0.4, -0.2) is 33.8 Å². The number of benzene rings is 1. The molecular weight excluding hydrogens is 504 g/mol. The highest BCUT2D eigenvalue weighted by Crippen LogP contribution is 2.35. The van der Waals surface area contributed by atoms with Gasteiger partial charge in [0.1, 0.15) is 5.75 Å². The van der Waals surface area contributed by atoms with E-state index in [1.54, 1.807) is 5.48 Å². The summed E-state index contributed by atoms with van der Waals surface area (Å²) in [5.41, 5.74) is 2.34. The molecule has 0 saturated heterocycles. The maximum Gasteiger partial charge on any atom is 0.264 e. The monoisotopic (exact) mass is 542 g/mol. The first-order valence-corrected chi connectivity index (χ1v) is 13.9. The van der Waals surface area contributed by atoms with Crippen molar-refractivity contribution < 1.29 is 24.1 Å². The molecule has 3 N–H and O–H groups in total. The first-order chi connectivity index (χ1) is 18.2. The van der Waals surface area contributed by atoms with Gasteiger partial charge in [-0.1, -0.05) is 62.0 Å². The minimum Gasteiger partial charge on any atom is -0.494 e. The molecule has 0 saturated carbocycles. The molecule has 2 heterocycles. The smallest absolute Gasteiger partial charge is 0.264 e. The first kappa shape index (κ1) is 29.4. The van der Waals surface area contributed by atoms with Gasteiger partial charge in [0.25, 0.3) is 5.89 Å². The molecule has 1 aromatic heterocycles. The molecule has 10 heteroatoms. The van der Waals surface area contributed by atoms with Crippen molar-refractivity contribution in [2.75, 3.05) is 6.61 Å². The molecule has 0 aliphatic carbocycles. The van der Waals surface area contributed by atoms with Crippen LogP contribution in [0.3, 0.4) is 0 Å². The Bertz CT molecular complexity index is 1120. The normalized spacial score (nSPS) is 15.2. The molecule has 1 unspecified atom stereocenters. The van der Waals surface area contributed by atoms with Gasteiger partial charge in [0.05, 0.1) is 17.6 Å². The van der Waals surface area contributed by atoms with Crippen LogP contribution in [0.4, 0.5) is 0 Å². The lowest BCUT2D eigenvalue weighted by atomic mass is 9.85. The Kier molecular flexibility index (Phi) is 11.0.